The summed E-state index contributed by atoms with van der Waals surface area (Å²) in [5.41, 5.74) is 0.425. The molecule has 0 fully saturated rings. The number of hydrogen-bond donors (Lipinski definition) is 1. The Kier molecular flexibility index (Phi) is 5.90. The van der Waals surface area contributed by atoms with Gasteiger partial charge in [0.05, 0.1) is 5.56 Å². The molecule has 1 aromatic carbocycles. The molecular weight excluding hydrogens is 426 g/mol. The minimum absolute atomic E-state index is 0.0102. The maximum absolute atomic E-state index is 11.9. The van der Waals surface area contributed by atoms with Crippen molar-refractivity contribution >= 4 is 44.4 Å². The number of carbonyl (C=O) groups is 1. The Morgan fingerprint density at radius 2 is 2.06 bits per heavy atom. The van der Waals surface area contributed by atoms with Crippen LogP contribution in [0.2, 0.25) is 0 Å². The number of rotatable bonds is 4. The van der Waals surface area contributed by atoms with E-state index in [0.29, 0.717) is 10.0 Å². The second-order valence-corrected chi connectivity index (χ2v) is 5.70. The molecule has 7 heteroatoms. The van der Waals surface area contributed by atoms with Gasteiger partial charge in [-0.05, 0) is 63.1 Å². The van der Waals surface area contributed by atoms with Gasteiger partial charge in [0.2, 0.25) is 0 Å². The molecular formula is C11H10BrF3INO. The maximum Gasteiger partial charge on any atom is 0.389 e. The topological polar surface area (TPSA) is 29.1 Å². The first kappa shape index (κ1) is 15.7. The third kappa shape index (κ3) is 5.55. The van der Waals surface area contributed by atoms with Crippen LogP contribution < -0.4 is 5.32 Å². The van der Waals surface area contributed by atoms with Crippen LogP contribution in [-0.4, -0.2) is 18.6 Å². The predicted octanol–water partition coefficient (Wildman–Crippen LogP) is 4.13. The summed E-state index contributed by atoms with van der Waals surface area (Å²) in [6.07, 6.45) is -5.18. The zero-order chi connectivity index (χ0) is 13.8. The molecule has 0 heterocycles. The zero-order valence-electron chi connectivity index (χ0n) is 9.15. The lowest BCUT2D eigenvalue weighted by atomic mass is 10.2. The molecule has 0 aliphatic carbocycles. The second kappa shape index (κ2) is 6.74. The Bertz CT molecular complexity index is 437. The van der Waals surface area contributed by atoms with Crippen LogP contribution >= 0.6 is 38.5 Å². The smallest absolute Gasteiger partial charge is 0.352 e. The van der Waals surface area contributed by atoms with Gasteiger partial charge in [0, 0.05) is 21.0 Å². The number of benzene rings is 1. The van der Waals surface area contributed by atoms with Crippen LogP contribution in [0.3, 0.4) is 0 Å². The fourth-order valence-corrected chi connectivity index (χ4v) is 2.18. The normalized spacial score (nSPS) is 11.4. The highest BCUT2D eigenvalue weighted by Crippen LogP contribution is 2.21. The number of carbonyl (C=O) groups excluding carboxylic acids is 1. The molecule has 0 atom stereocenters. The van der Waals surface area contributed by atoms with E-state index in [1.807, 2.05) is 6.07 Å². The zero-order valence-corrected chi connectivity index (χ0v) is 12.9. The average molecular weight is 436 g/mol. The summed E-state index contributed by atoms with van der Waals surface area (Å²) in [6, 6.07) is 5.22. The molecule has 0 saturated heterocycles. The monoisotopic (exact) mass is 435 g/mol. The van der Waals surface area contributed by atoms with Crippen LogP contribution in [0, 0.1) is 3.57 Å². The Morgan fingerprint density at radius 3 is 2.67 bits per heavy atom. The van der Waals surface area contributed by atoms with E-state index in [2.05, 4.69) is 43.8 Å². The number of nitrogens with one attached hydrogen (secondary N) is 1. The van der Waals surface area contributed by atoms with Gasteiger partial charge in [-0.1, -0.05) is 0 Å². The van der Waals surface area contributed by atoms with Crippen LogP contribution in [0.5, 0.6) is 0 Å². The molecule has 18 heavy (non-hydrogen) atoms. The Balaban J connectivity index is 2.48. The molecule has 0 bridgehead atoms. The predicted molar refractivity (Wildman–Crippen MR) is 74.5 cm³/mol. The summed E-state index contributed by atoms with van der Waals surface area (Å²) in [7, 11) is 0. The minimum Gasteiger partial charge on any atom is -0.352 e. The van der Waals surface area contributed by atoms with Crippen LogP contribution in [0.15, 0.2) is 22.7 Å². The highest BCUT2D eigenvalue weighted by atomic mass is 127. The van der Waals surface area contributed by atoms with E-state index in [0.717, 1.165) is 3.57 Å². The fourth-order valence-electron chi connectivity index (χ4n) is 1.26. The van der Waals surface area contributed by atoms with Crippen molar-refractivity contribution in [2.45, 2.75) is 19.0 Å². The number of hydrogen-bond acceptors (Lipinski definition) is 1. The van der Waals surface area contributed by atoms with Crippen molar-refractivity contribution < 1.29 is 18.0 Å². The lowest BCUT2D eigenvalue weighted by Gasteiger charge is -2.08. The first-order valence-electron chi connectivity index (χ1n) is 5.09. The van der Waals surface area contributed by atoms with Crippen LogP contribution in [0.4, 0.5) is 13.2 Å². The van der Waals surface area contributed by atoms with Gasteiger partial charge < -0.3 is 5.32 Å². The van der Waals surface area contributed by atoms with Crippen molar-refractivity contribution in [2.75, 3.05) is 6.54 Å². The Hall–Kier alpha value is -0.310. The molecule has 0 unspecified atom stereocenters. The lowest BCUT2D eigenvalue weighted by Crippen LogP contribution is -2.26. The van der Waals surface area contributed by atoms with E-state index in [1.165, 1.54) is 0 Å². The van der Waals surface area contributed by atoms with Gasteiger partial charge in [-0.25, -0.2) is 0 Å². The summed E-state index contributed by atoms with van der Waals surface area (Å²) < 4.78 is 37.2. The molecule has 1 aromatic rings. The first-order chi connectivity index (χ1) is 8.29. The van der Waals surface area contributed by atoms with Crippen LogP contribution in [0.25, 0.3) is 0 Å². The van der Waals surface area contributed by atoms with Crippen molar-refractivity contribution in [3.63, 3.8) is 0 Å². The van der Waals surface area contributed by atoms with E-state index in [9.17, 15) is 18.0 Å². The van der Waals surface area contributed by atoms with E-state index in [-0.39, 0.29) is 18.9 Å². The SMILES string of the molecule is O=C(NCCCC(F)(F)F)c1cc(I)ccc1Br. The van der Waals surface area contributed by atoms with E-state index in [1.54, 1.807) is 12.1 Å². The molecule has 0 spiro atoms. The summed E-state index contributed by atoms with van der Waals surface area (Å²) in [6.45, 7) is 0.0102. The number of amides is 1. The molecule has 0 saturated carbocycles. The van der Waals surface area contributed by atoms with Gasteiger partial charge in [-0.15, -0.1) is 0 Å². The summed E-state index contributed by atoms with van der Waals surface area (Å²) in [5, 5.41) is 2.47. The highest BCUT2D eigenvalue weighted by Gasteiger charge is 2.26. The summed E-state index contributed by atoms with van der Waals surface area (Å²) >= 11 is 5.29. The van der Waals surface area contributed by atoms with Crippen molar-refractivity contribution in [3.8, 4) is 0 Å². The van der Waals surface area contributed by atoms with Gasteiger partial charge in [-0.3, -0.25) is 4.79 Å². The molecule has 0 aliphatic rings. The van der Waals surface area contributed by atoms with Crippen molar-refractivity contribution in [2.24, 2.45) is 0 Å². The summed E-state index contributed by atoms with van der Waals surface area (Å²) in [5.74, 6) is -0.373. The quantitative estimate of drug-likeness (QED) is 0.559. The molecule has 1 amide bonds. The Morgan fingerprint density at radius 1 is 1.39 bits per heavy atom. The molecule has 0 aliphatic heterocycles. The number of alkyl halides is 3. The van der Waals surface area contributed by atoms with Crippen molar-refractivity contribution in [1.82, 2.24) is 5.32 Å². The third-order valence-electron chi connectivity index (χ3n) is 2.10. The third-order valence-corrected chi connectivity index (χ3v) is 3.46. The van der Waals surface area contributed by atoms with Crippen molar-refractivity contribution in [3.05, 3.63) is 31.8 Å². The van der Waals surface area contributed by atoms with Crippen molar-refractivity contribution in [1.29, 1.82) is 0 Å². The maximum atomic E-state index is 11.9. The lowest BCUT2D eigenvalue weighted by molar-refractivity contribution is -0.135. The Labute approximate surface area is 125 Å². The van der Waals surface area contributed by atoms with E-state index >= 15 is 0 Å². The molecule has 2 nitrogen and oxygen atoms in total. The van der Waals surface area contributed by atoms with Gasteiger partial charge in [0.25, 0.3) is 5.91 Å². The van der Waals surface area contributed by atoms with Gasteiger partial charge in [-0.2, -0.15) is 13.2 Å². The molecule has 100 valence electrons. The number of halogens is 5. The van der Waals surface area contributed by atoms with Crippen LogP contribution in [0.1, 0.15) is 23.2 Å². The van der Waals surface area contributed by atoms with Gasteiger partial charge >= 0.3 is 6.18 Å². The summed E-state index contributed by atoms with van der Waals surface area (Å²) in [4.78, 5) is 11.7. The standard InChI is InChI=1S/C11H10BrF3INO/c12-9-3-2-7(16)6-8(9)10(18)17-5-1-4-11(13,14)15/h2-3,6H,1,4-5H2,(H,17,18). The van der Waals surface area contributed by atoms with E-state index < -0.39 is 12.6 Å². The van der Waals surface area contributed by atoms with Gasteiger partial charge in [0.15, 0.2) is 0 Å². The average Bonchev–Trinajstić information content (AvgIpc) is 2.26. The fraction of sp³-hybridized carbons (Fsp3) is 0.364. The van der Waals surface area contributed by atoms with Gasteiger partial charge in [0.1, 0.15) is 0 Å². The highest BCUT2D eigenvalue weighted by molar-refractivity contribution is 14.1. The molecule has 0 radical (unpaired) electrons. The van der Waals surface area contributed by atoms with E-state index in [4.69, 9.17) is 0 Å². The largest absolute Gasteiger partial charge is 0.389 e. The van der Waals surface area contributed by atoms with Crippen LogP contribution in [-0.2, 0) is 0 Å². The minimum atomic E-state index is -4.17. The second-order valence-electron chi connectivity index (χ2n) is 3.60. The molecule has 1 rings (SSSR count). The molecule has 1 N–H and O–H groups in total. The molecule has 0 aromatic heterocycles. The first-order valence-corrected chi connectivity index (χ1v) is 6.97.